The minimum atomic E-state index is -0.565. The van der Waals surface area contributed by atoms with Crippen LogP contribution in [-0.4, -0.2) is 50.8 Å². The molecule has 0 aliphatic heterocycles. The van der Waals surface area contributed by atoms with Gasteiger partial charge in [-0.25, -0.2) is 9.78 Å². The number of carbonyl (C=O) groups is 3. The standard InChI is InChI=1S/C23H24N6O6S/c1-13(2)19(25-21(31)15-5-4-6-17(11-15)29(33)34)20-26-23(28-27-20)36-12-18(30)24-16-9-7-14(8-10-16)22(32)35-3/h4-11,13,19H,12H2,1-3H3,(H,24,30)(H,25,31)(H,26,27,28)/t19-/m1/s1. The Morgan fingerprint density at radius 3 is 2.50 bits per heavy atom. The average molecular weight is 513 g/mol. The number of hydrogen-bond donors (Lipinski definition) is 3. The van der Waals surface area contributed by atoms with Crippen molar-refractivity contribution in [1.29, 1.82) is 0 Å². The Bertz CT molecular complexity index is 1260. The number of esters is 1. The first kappa shape index (κ1) is 26.3. The van der Waals surface area contributed by atoms with E-state index in [1.54, 1.807) is 24.3 Å². The normalized spacial score (nSPS) is 11.6. The van der Waals surface area contributed by atoms with Gasteiger partial charge in [0, 0.05) is 23.4 Å². The van der Waals surface area contributed by atoms with Crippen molar-refractivity contribution in [3.8, 4) is 0 Å². The third kappa shape index (κ3) is 6.88. The van der Waals surface area contributed by atoms with E-state index in [1.165, 1.54) is 31.4 Å². The number of ether oxygens (including phenoxy) is 1. The van der Waals surface area contributed by atoms with Crippen molar-refractivity contribution in [2.75, 3.05) is 18.2 Å². The molecule has 0 saturated heterocycles. The fraction of sp³-hybridized carbons (Fsp3) is 0.261. The summed E-state index contributed by atoms with van der Waals surface area (Å²) in [5, 5.41) is 23.8. The molecule has 1 heterocycles. The van der Waals surface area contributed by atoms with Gasteiger partial charge in [-0.05, 0) is 36.2 Å². The monoisotopic (exact) mass is 512 g/mol. The number of benzene rings is 2. The van der Waals surface area contributed by atoms with Crippen LogP contribution < -0.4 is 10.6 Å². The highest BCUT2D eigenvalue weighted by molar-refractivity contribution is 7.99. The highest BCUT2D eigenvalue weighted by Crippen LogP contribution is 2.23. The maximum atomic E-state index is 12.7. The van der Waals surface area contributed by atoms with Crippen LogP contribution in [0.1, 0.15) is 46.4 Å². The lowest BCUT2D eigenvalue weighted by Gasteiger charge is -2.19. The highest BCUT2D eigenvalue weighted by Gasteiger charge is 2.24. The molecular formula is C23H24N6O6S. The molecule has 1 aromatic heterocycles. The quantitative estimate of drug-likeness (QED) is 0.159. The lowest BCUT2D eigenvalue weighted by Crippen LogP contribution is -2.32. The zero-order chi connectivity index (χ0) is 26.2. The number of amides is 2. The molecule has 3 N–H and O–H groups in total. The second-order valence-electron chi connectivity index (χ2n) is 7.91. The molecule has 0 unspecified atom stereocenters. The van der Waals surface area contributed by atoms with Gasteiger partial charge in [0.05, 0.1) is 29.4 Å². The second kappa shape index (κ2) is 11.9. The Kier molecular flexibility index (Phi) is 8.73. The van der Waals surface area contributed by atoms with Crippen molar-refractivity contribution in [2.45, 2.75) is 25.0 Å². The van der Waals surface area contributed by atoms with E-state index < -0.39 is 22.8 Å². The van der Waals surface area contributed by atoms with Crippen LogP contribution in [0.4, 0.5) is 11.4 Å². The van der Waals surface area contributed by atoms with Crippen LogP contribution in [0, 0.1) is 16.0 Å². The number of aromatic nitrogens is 3. The van der Waals surface area contributed by atoms with Crippen LogP contribution >= 0.6 is 11.8 Å². The number of thioether (sulfide) groups is 1. The molecule has 3 rings (SSSR count). The van der Waals surface area contributed by atoms with E-state index in [0.29, 0.717) is 22.2 Å². The number of nitrogens with zero attached hydrogens (tertiary/aromatic N) is 3. The number of carbonyl (C=O) groups excluding carboxylic acids is 3. The Morgan fingerprint density at radius 2 is 1.86 bits per heavy atom. The molecule has 2 amide bonds. The maximum Gasteiger partial charge on any atom is 0.337 e. The van der Waals surface area contributed by atoms with Gasteiger partial charge in [0.15, 0.2) is 0 Å². The van der Waals surface area contributed by atoms with E-state index in [1.807, 2.05) is 13.8 Å². The summed E-state index contributed by atoms with van der Waals surface area (Å²) in [5.41, 5.74) is 0.864. The first-order valence-electron chi connectivity index (χ1n) is 10.8. The summed E-state index contributed by atoms with van der Waals surface area (Å²) in [6.45, 7) is 3.76. The van der Waals surface area contributed by atoms with Crippen molar-refractivity contribution >= 4 is 40.9 Å². The number of rotatable bonds is 10. The predicted octanol–water partition coefficient (Wildman–Crippen LogP) is 3.36. The van der Waals surface area contributed by atoms with Crippen LogP contribution in [0.3, 0.4) is 0 Å². The summed E-state index contributed by atoms with van der Waals surface area (Å²) < 4.78 is 4.64. The van der Waals surface area contributed by atoms with Gasteiger partial charge in [0.2, 0.25) is 11.1 Å². The van der Waals surface area contributed by atoms with Crippen molar-refractivity contribution in [2.24, 2.45) is 5.92 Å². The molecule has 0 saturated carbocycles. The van der Waals surface area contributed by atoms with Crippen molar-refractivity contribution in [1.82, 2.24) is 20.5 Å². The Balaban J connectivity index is 1.59. The summed E-state index contributed by atoms with van der Waals surface area (Å²) in [5.74, 6) is -0.899. The van der Waals surface area contributed by atoms with E-state index >= 15 is 0 Å². The molecule has 1 atom stereocenters. The van der Waals surface area contributed by atoms with E-state index in [-0.39, 0.29) is 28.8 Å². The zero-order valence-electron chi connectivity index (χ0n) is 19.7. The van der Waals surface area contributed by atoms with E-state index in [2.05, 4.69) is 30.6 Å². The van der Waals surface area contributed by atoms with Crippen LogP contribution in [0.15, 0.2) is 53.7 Å². The molecule has 36 heavy (non-hydrogen) atoms. The Hall–Kier alpha value is -4.26. The van der Waals surface area contributed by atoms with E-state index in [0.717, 1.165) is 11.8 Å². The first-order valence-corrected chi connectivity index (χ1v) is 11.7. The molecular weight excluding hydrogens is 488 g/mol. The van der Waals surface area contributed by atoms with Crippen LogP contribution in [0.25, 0.3) is 0 Å². The molecule has 0 spiro atoms. The minimum Gasteiger partial charge on any atom is -0.465 e. The largest absolute Gasteiger partial charge is 0.465 e. The fourth-order valence-corrected chi connectivity index (χ4v) is 3.74. The molecule has 0 aliphatic carbocycles. The van der Waals surface area contributed by atoms with Crippen LogP contribution in [-0.2, 0) is 9.53 Å². The number of anilines is 1. The molecule has 0 radical (unpaired) electrons. The molecule has 0 fully saturated rings. The summed E-state index contributed by atoms with van der Waals surface area (Å²) in [6.07, 6.45) is 0. The maximum absolute atomic E-state index is 12.7. The number of aromatic amines is 1. The molecule has 12 nitrogen and oxygen atoms in total. The fourth-order valence-electron chi connectivity index (χ4n) is 3.13. The van der Waals surface area contributed by atoms with Crippen molar-refractivity contribution in [3.63, 3.8) is 0 Å². The lowest BCUT2D eigenvalue weighted by atomic mass is 10.0. The summed E-state index contributed by atoms with van der Waals surface area (Å²) in [6, 6.07) is 11.2. The third-order valence-corrected chi connectivity index (χ3v) is 5.82. The molecule has 2 aromatic carbocycles. The third-order valence-electron chi connectivity index (χ3n) is 4.97. The van der Waals surface area contributed by atoms with Gasteiger partial charge in [-0.1, -0.05) is 31.7 Å². The molecule has 13 heteroatoms. The van der Waals surface area contributed by atoms with Crippen LogP contribution in [0.2, 0.25) is 0 Å². The van der Waals surface area contributed by atoms with Gasteiger partial charge in [-0.15, -0.1) is 5.10 Å². The predicted molar refractivity (Wildman–Crippen MR) is 132 cm³/mol. The smallest absolute Gasteiger partial charge is 0.337 e. The first-order chi connectivity index (χ1) is 17.2. The van der Waals surface area contributed by atoms with Gasteiger partial charge in [-0.3, -0.25) is 24.8 Å². The summed E-state index contributed by atoms with van der Waals surface area (Å²) in [4.78, 5) is 51.3. The van der Waals surface area contributed by atoms with Gasteiger partial charge in [0.1, 0.15) is 5.82 Å². The second-order valence-corrected chi connectivity index (χ2v) is 8.85. The Labute approximate surface area is 210 Å². The van der Waals surface area contributed by atoms with Gasteiger partial charge >= 0.3 is 5.97 Å². The summed E-state index contributed by atoms with van der Waals surface area (Å²) >= 11 is 1.10. The minimum absolute atomic E-state index is 0.0302. The summed E-state index contributed by atoms with van der Waals surface area (Å²) in [7, 11) is 1.29. The van der Waals surface area contributed by atoms with Gasteiger partial charge < -0.3 is 15.4 Å². The zero-order valence-corrected chi connectivity index (χ0v) is 20.5. The van der Waals surface area contributed by atoms with Crippen molar-refractivity contribution in [3.05, 3.63) is 75.6 Å². The molecule has 0 aliphatic rings. The molecule has 3 aromatic rings. The van der Waals surface area contributed by atoms with Crippen molar-refractivity contribution < 1.29 is 24.0 Å². The molecule has 0 bridgehead atoms. The topological polar surface area (TPSA) is 169 Å². The number of H-pyrrole nitrogens is 1. The SMILES string of the molecule is COC(=O)c1ccc(NC(=O)CSc2n[nH]c([C@H](NC(=O)c3cccc([N+](=O)[O-])c3)C(C)C)n2)cc1. The Morgan fingerprint density at radius 1 is 1.14 bits per heavy atom. The van der Waals surface area contributed by atoms with Crippen LogP contribution in [0.5, 0.6) is 0 Å². The number of nitrogens with one attached hydrogen (secondary N) is 3. The number of nitro benzene ring substituents is 1. The average Bonchev–Trinajstić information content (AvgIpc) is 3.34. The number of methoxy groups -OCH3 is 1. The highest BCUT2D eigenvalue weighted by atomic mass is 32.2. The van der Waals surface area contributed by atoms with Gasteiger partial charge in [-0.2, -0.15) is 0 Å². The molecule has 188 valence electrons. The van der Waals surface area contributed by atoms with E-state index in [9.17, 15) is 24.5 Å². The number of non-ortho nitro benzene ring substituents is 1. The lowest BCUT2D eigenvalue weighted by molar-refractivity contribution is -0.384. The van der Waals surface area contributed by atoms with E-state index in [4.69, 9.17) is 0 Å². The number of nitro groups is 1. The number of hydrogen-bond acceptors (Lipinski definition) is 9. The van der Waals surface area contributed by atoms with Gasteiger partial charge in [0.25, 0.3) is 11.6 Å².